The van der Waals surface area contributed by atoms with Crippen LogP contribution in [0.15, 0.2) is 10.9 Å². The SMILES string of the molecule is CCOc1cc(=O)n(C(N)=S)[nH]1. The lowest BCUT2D eigenvalue weighted by Crippen LogP contribution is -2.29. The van der Waals surface area contributed by atoms with Crippen molar-refractivity contribution in [1.29, 1.82) is 0 Å². The van der Waals surface area contributed by atoms with Gasteiger partial charge in [0, 0.05) is 0 Å². The molecule has 0 fully saturated rings. The van der Waals surface area contributed by atoms with Crippen LogP contribution in [-0.2, 0) is 0 Å². The summed E-state index contributed by atoms with van der Waals surface area (Å²) in [4.78, 5) is 11.0. The van der Waals surface area contributed by atoms with E-state index >= 15 is 0 Å². The van der Waals surface area contributed by atoms with E-state index in [2.05, 4.69) is 17.3 Å². The van der Waals surface area contributed by atoms with E-state index in [9.17, 15) is 4.79 Å². The number of aromatic amines is 1. The second-order valence-electron chi connectivity index (χ2n) is 2.07. The molecule has 1 heterocycles. The maximum absolute atomic E-state index is 11.0. The molecule has 0 spiro atoms. The number of aromatic nitrogens is 2. The van der Waals surface area contributed by atoms with E-state index in [0.717, 1.165) is 4.68 Å². The zero-order chi connectivity index (χ0) is 9.14. The first kappa shape index (κ1) is 8.79. The molecule has 66 valence electrons. The van der Waals surface area contributed by atoms with Crippen LogP contribution in [0.3, 0.4) is 0 Å². The number of rotatable bonds is 2. The van der Waals surface area contributed by atoms with Crippen molar-refractivity contribution in [2.45, 2.75) is 6.92 Å². The lowest BCUT2D eigenvalue weighted by molar-refractivity contribution is 0.325. The van der Waals surface area contributed by atoms with Gasteiger partial charge in [0.05, 0.1) is 12.7 Å². The van der Waals surface area contributed by atoms with E-state index < -0.39 is 0 Å². The third kappa shape index (κ3) is 1.65. The molecule has 0 amide bonds. The summed E-state index contributed by atoms with van der Waals surface area (Å²) in [6.45, 7) is 2.30. The molecule has 0 atom stereocenters. The van der Waals surface area contributed by atoms with E-state index in [-0.39, 0.29) is 10.7 Å². The van der Waals surface area contributed by atoms with Crippen LogP contribution in [0.2, 0.25) is 0 Å². The highest BCUT2D eigenvalue weighted by molar-refractivity contribution is 7.80. The highest BCUT2D eigenvalue weighted by atomic mass is 32.1. The minimum atomic E-state index is -0.314. The van der Waals surface area contributed by atoms with Crippen LogP contribution in [-0.4, -0.2) is 21.5 Å². The van der Waals surface area contributed by atoms with Gasteiger partial charge in [0.15, 0.2) is 5.11 Å². The van der Waals surface area contributed by atoms with Gasteiger partial charge >= 0.3 is 0 Å². The molecular formula is C6H9N3O2S. The fraction of sp³-hybridized carbons (Fsp3) is 0.333. The Bertz CT molecular complexity index is 341. The first-order valence-corrected chi connectivity index (χ1v) is 3.80. The summed E-state index contributed by atoms with van der Waals surface area (Å²) in [5.74, 6) is 0.371. The summed E-state index contributed by atoms with van der Waals surface area (Å²) in [6, 6.07) is 1.29. The maximum atomic E-state index is 11.0. The van der Waals surface area contributed by atoms with Crippen molar-refractivity contribution in [3.63, 3.8) is 0 Å². The average molecular weight is 187 g/mol. The van der Waals surface area contributed by atoms with E-state index in [1.165, 1.54) is 6.07 Å². The molecule has 1 rings (SSSR count). The average Bonchev–Trinajstić information content (AvgIpc) is 2.32. The third-order valence-corrected chi connectivity index (χ3v) is 1.40. The monoisotopic (exact) mass is 187 g/mol. The van der Waals surface area contributed by atoms with Gasteiger partial charge in [0.2, 0.25) is 5.88 Å². The molecule has 0 aromatic carbocycles. The molecule has 1 aromatic rings. The van der Waals surface area contributed by atoms with Gasteiger partial charge in [-0.15, -0.1) is 0 Å². The van der Waals surface area contributed by atoms with Gasteiger partial charge in [0.25, 0.3) is 5.56 Å². The standard InChI is InChI=1S/C6H9N3O2S/c1-2-11-4-3-5(10)9(8-4)6(7)12/h3,8H,2H2,1H3,(H2,7,12). The highest BCUT2D eigenvalue weighted by Crippen LogP contribution is 1.99. The van der Waals surface area contributed by atoms with E-state index in [1.54, 1.807) is 0 Å². The van der Waals surface area contributed by atoms with Crippen molar-refractivity contribution in [2.75, 3.05) is 6.61 Å². The number of nitrogens with zero attached hydrogens (tertiary/aromatic N) is 1. The number of nitrogens with one attached hydrogen (secondary N) is 1. The first-order valence-electron chi connectivity index (χ1n) is 3.40. The number of hydrogen-bond acceptors (Lipinski definition) is 3. The van der Waals surface area contributed by atoms with Crippen molar-refractivity contribution < 1.29 is 4.74 Å². The Kier molecular flexibility index (Phi) is 2.49. The quantitative estimate of drug-likeness (QED) is 0.622. The minimum absolute atomic E-state index is 0.0223. The lowest BCUT2D eigenvalue weighted by Gasteiger charge is -1.98. The summed E-state index contributed by atoms with van der Waals surface area (Å²) in [5.41, 5.74) is 4.92. The number of ether oxygens (including phenoxy) is 1. The van der Waals surface area contributed by atoms with Crippen LogP contribution in [0.1, 0.15) is 6.92 Å². The van der Waals surface area contributed by atoms with Crippen molar-refractivity contribution in [3.8, 4) is 5.88 Å². The molecule has 0 bridgehead atoms. The Hall–Kier alpha value is -1.30. The maximum Gasteiger partial charge on any atom is 0.277 e. The Morgan fingerprint density at radius 1 is 1.92 bits per heavy atom. The molecule has 0 aliphatic heterocycles. The van der Waals surface area contributed by atoms with Crippen LogP contribution in [0.5, 0.6) is 5.88 Å². The van der Waals surface area contributed by atoms with Gasteiger partial charge in [0.1, 0.15) is 0 Å². The fourth-order valence-electron chi connectivity index (χ4n) is 0.767. The molecule has 0 aliphatic rings. The first-order chi connectivity index (χ1) is 5.65. The van der Waals surface area contributed by atoms with Gasteiger partial charge in [-0.3, -0.25) is 9.89 Å². The Balaban J connectivity index is 3.01. The zero-order valence-electron chi connectivity index (χ0n) is 6.53. The molecule has 0 saturated carbocycles. The summed E-state index contributed by atoms with van der Waals surface area (Å²) < 4.78 is 6.07. The van der Waals surface area contributed by atoms with Crippen LogP contribution in [0, 0.1) is 0 Å². The third-order valence-electron chi connectivity index (χ3n) is 1.22. The summed E-state index contributed by atoms with van der Waals surface area (Å²) >= 11 is 4.60. The van der Waals surface area contributed by atoms with Crippen LogP contribution < -0.4 is 16.0 Å². The van der Waals surface area contributed by atoms with Gasteiger partial charge < -0.3 is 10.5 Å². The molecule has 0 saturated heterocycles. The molecule has 5 nitrogen and oxygen atoms in total. The normalized spacial score (nSPS) is 9.75. The van der Waals surface area contributed by atoms with Gasteiger partial charge in [-0.05, 0) is 19.1 Å². The lowest BCUT2D eigenvalue weighted by atomic mass is 10.7. The molecular weight excluding hydrogens is 178 g/mol. The van der Waals surface area contributed by atoms with Crippen LogP contribution in [0.25, 0.3) is 0 Å². The summed E-state index contributed by atoms with van der Waals surface area (Å²) in [6.07, 6.45) is 0. The van der Waals surface area contributed by atoms with Gasteiger partial charge in [-0.25, -0.2) is 0 Å². The molecule has 0 unspecified atom stereocenters. The van der Waals surface area contributed by atoms with Crippen LogP contribution in [0.4, 0.5) is 0 Å². The Labute approximate surface area is 74.1 Å². The van der Waals surface area contributed by atoms with Gasteiger partial charge in [-0.2, -0.15) is 4.68 Å². The summed E-state index contributed by atoms with van der Waals surface area (Å²) in [7, 11) is 0. The predicted molar refractivity (Wildman–Crippen MR) is 48.4 cm³/mol. The largest absolute Gasteiger partial charge is 0.478 e. The number of thiocarbonyl (C=S) groups is 1. The van der Waals surface area contributed by atoms with E-state index in [0.29, 0.717) is 12.5 Å². The predicted octanol–water partition coefficient (Wildman–Crippen LogP) is -0.333. The minimum Gasteiger partial charge on any atom is -0.478 e. The second kappa shape index (κ2) is 3.40. The van der Waals surface area contributed by atoms with Crippen molar-refractivity contribution in [1.82, 2.24) is 9.78 Å². The van der Waals surface area contributed by atoms with Crippen molar-refractivity contribution in [2.24, 2.45) is 5.73 Å². The molecule has 3 N–H and O–H groups in total. The van der Waals surface area contributed by atoms with E-state index in [1.807, 2.05) is 6.92 Å². The number of hydrogen-bond donors (Lipinski definition) is 2. The van der Waals surface area contributed by atoms with Crippen LogP contribution >= 0.6 is 12.2 Å². The Morgan fingerprint density at radius 2 is 2.58 bits per heavy atom. The van der Waals surface area contributed by atoms with Gasteiger partial charge in [-0.1, -0.05) is 0 Å². The number of H-pyrrole nitrogens is 1. The Morgan fingerprint density at radius 3 is 3.00 bits per heavy atom. The fourth-order valence-corrected chi connectivity index (χ4v) is 0.903. The smallest absolute Gasteiger partial charge is 0.277 e. The topological polar surface area (TPSA) is 73.0 Å². The summed E-state index contributed by atoms with van der Waals surface area (Å²) in [5, 5.41) is 2.58. The molecule has 1 aromatic heterocycles. The second-order valence-corrected chi connectivity index (χ2v) is 2.48. The van der Waals surface area contributed by atoms with Crippen molar-refractivity contribution in [3.05, 3.63) is 16.4 Å². The molecule has 0 radical (unpaired) electrons. The molecule has 6 heteroatoms. The molecule has 12 heavy (non-hydrogen) atoms. The zero-order valence-corrected chi connectivity index (χ0v) is 7.35. The number of nitrogens with two attached hydrogens (primary N) is 1. The highest BCUT2D eigenvalue weighted by Gasteiger charge is 2.03. The molecule has 0 aliphatic carbocycles. The van der Waals surface area contributed by atoms with Crippen molar-refractivity contribution >= 4 is 17.3 Å². The van der Waals surface area contributed by atoms with E-state index in [4.69, 9.17) is 10.5 Å².